The smallest absolute Gasteiger partial charge is 0.323 e. The van der Waals surface area contributed by atoms with Gasteiger partial charge in [0.15, 0.2) is 5.41 Å². The first-order chi connectivity index (χ1) is 11.0. The normalized spacial score (nSPS) is 18.7. The molecule has 0 aromatic carbocycles. The number of esters is 2. The SMILES string of the molecule is COC(=O)C(C)(CCC1CCN(C(=O)Cl)CC1)C(=O)OC(C)(C)C. The summed E-state index contributed by atoms with van der Waals surface area (Å²) in [5, 5.41) is -0.429. The van der Waals surface area contributed by atoms with Crippen LogP contribution in [-0.4, -0.2) is 48.0 Å². The van der Waals surface area contributed by atoms with Gasteiger partial charge >= 0.3 is 17.3 Å². The molecule has 1 unspecified atom stereocenters. The van der Waals surface area contributed by atoms with Gasteiger partial charge in [-0.1, -0.05) is 0 Å². The number of likely N-dealkylation sites (tertiary alicyclic amines) is 1. The summed E-state index contributed by atoms with van der Waals surface area (Å²) in [6.45, 7) is 8.08. The third kappa shape index (κ3) is 5.65. The number of hydrogen-bond donors (Lipinski definition) is 0. The molecule has 138 valence electrons. The molecule has 0 bridgehead atoms. The summed E-state index contributed by atoms with van der Waals surface area (Å²) in [6, 6.07) is 0. The van der Waals surface area contributed by atoms with E-state index in [0.29, 0.717) is 31.8 Å². The lowest BCUT2D eigenvalue weighted by Gasteiger charge is -2.33. The van der Waals surface area contributed by atoms with Gasteiger partial charge in [-0.05, 0) is 70.9 Å². The molecule has 1 aliphatic rings. The number of ether oxygens (including phenoxy) is 2. The molecule has 0 aromatic heterocycles. The lowest BCUT2D eigenvalue weighted by Crippen LogP contribution is -2.43. The Balaban J connectivity index is 2.69. The van der Waals surface area contributed by atoms with Crippen LogP contribution in [0.2, 0.25) is 0 Å². The average molecular weight is 362 g/mol. The molecule has 0 aromatic rings. The summed E-state index contributed by atoms with van der Waals surface area (Å²) in [4.78, 5) is 37.4. The van der Waals surface area contributed by atoms with Crippen LogP contribution >= 0.6 is 11.6 Å². The van der Waals surface area contributed by atoms with Gasteiger partial charge in [0.2, 0.25) is 0 Å². The van der Waals surface area contributed by atoms with Crippen LogP contribution in [-0.2, 0) is 19.1 Å². The molecule has 1 aliphatic heterocycles. The van der Waals surface area contributed by atoms with Crippen molar-refractivity contribution in [2.45, 2.75) is 59.0 Å². The van der Waals surface area contributed by atoms with Gasteiger partial charge in [0.05, 0.1) is 7.11 Å². The monoisotopic (exact) mass is 361 g/mol. The van der Waals surface area contributed by atoms with E-state index in [0.717, 1.165) is 12.8 Å². The number of carbonyl (C=O) groups excluding carboxylic acids is 3. The highest BCUT2D eigenvalue weighted by atomic mass is 35.5. The number of carbonyl (C=O) groups is 3. The third-order valence-electron chi connectivity index (χ3n) is 4.40. The fourth-order valence-corrected chi connectivity index (χ4v) is 2.96. The zero-order valence-corrected chi connectivity index (χ0v) is 15.9. The number of nitrogens with zero attached hydrogens (tertiary/aromatic N) is 1. The quantitative estimate of drug-likeness (QED) is 0.325. The second-order valence-electron chi connectivity index (χ2n) is 7.55. The molecular weight excluding hydrogens is 334 g/mol. The maximum atomic E-state index is 12.5. The molecule has 24 heavy (non-hydrogen) atoms. The van der Waals surface area contributed by atoms with Crippen LogP contribution in [0.5, 0.6) is 0 Å². The van der Waals surface area contributed by atoms with Crippen molar-refractivity contribution in [3.8, 4) is 0 Å². The van der Waals surface area contributed by atoms with Crippen molar-refractivity contribution in [1.29, 1.82) is 0 Å². The Hall–Kier alpha value is -1.30. The molecule has 1 saturated heterocycles. The zero-order chi connectivity index (χ0) is 18.5. The lowest BCUT2D eigenvalue weighted by atomic mass is 9.80. The summed E-state index contributed by atoms with van der Waals surface area (Å²) in [6.07, 6.45) is 2.66. The molecule has 1 fully saturated rings. The Bertz CT molecular complexity index is 480. The van der Waals surface area contributed by atoms with E-state index in [2.05, 4.69) is 0 Å². The first-order valence-corrected chi connectivity index (χ1v) is 8.63. The average Bonchev–Trinajstić information content (AvgIpc) is 2.50. The van der Waals surface area contributed by atoms with E-state index >= 15 is 0 Å². The Morgan fingerprint density at radius 1 is 1.08 bits per heavy atom. The van der Waals surface area contributed by atoms with Gasteiger partial charge in [0.1, 0.15) is 5.60 Å². The van der Waals surface area contributed by atoms with E-state index in [9.17, 15) is 14.4 Å². The topological polar surface area (TPSA) is 72.9 Å². The highest BCUT2D eigenvalue weighted by molar-refractivity contribution is 6.62. The minimum atomic E-state index is -1.32. The minimum absolute atomic E-state index is 0.337. The largest absolute Gasteiger partial charge is 0.468 e. The molecular formula is C17H28ClNO5. The molecule has 0 radical (unpaired) electrons. The second kappa shape index (κ2) is 8.19. The van der Waals surface area contributed by atoms with Gasteiger partial charge in [-0.25, -0.2) is 0 Å². The molecule has 0 saturated carbocycles. The standard InChI is InChI=1S/C17H28ClNO5/c1-16(2,3)24-14(21)17(4,13(20)23-5)9-6-12-7-10-19(11-8-12)15(18)22/h12H,6-11H2,1-5H3. The molecule has 1 atom stereocenters. The fraction of sp³-hybridized carbons (Fsp3) is 0.824. The number of piperidine rings is 1. The van der Waals surface area contributed by atoms with Crippen molar-refractivity contribution in [3.63, 3.8) is 0 Å². The van der Waals surface area contributed by atoms with E-state index < -0.39 is 28.3 Å². The van der Waals surface area contributed by atoms with Crippen LogP contribution in [0.1, 0.15) is 53.4 Å². The molecule has 6 nitrogen and oxygen atoms in total. The Kier molecular flexibility index (Phi) is 7.08. The fourth-order valence-electron chi connectivity index (χ4n) is 2.79. The van der Waals surface area contributed by atoms with Crippen LogP contribution in [0, 0.1) is 11.3 Å². The molecule has 0 spiro atoms. The summed E-state index contributed by atoms with van der Waals surface area (Å²) < 4.78 is 10.2. The third-order valence-corrected chi connectivity index (χ3v) is 4.64. The van der Waals surface area contributed by atoms with E-state index in [-0.39, 0.29) is 0 Å². The molecule has 7 heteroatoms. The Morgan fingerprint density at radius 2 is 1.62 bits per heavy atom. The Labute approximate surface area is 148 Å². The highest BCUT2D eigenvalue weighted by Gasteiger charge is 2.45. The number of halogens is 1. The number of hydrogen-bond acceptors (Lipinski definition) is 5. The van der Waals surface area contributed by atoms with Crippen molar-refractivity contribution in [2.75, 3.05) is 20.2 Å². The predicted octanol–water partition coefficient (Wildman–Crippen LogP) is 3.36. The first kappa shape index (κ1) is 20.7. The van der Waals surface area contributed by atoms with Gasteiger partial charge in [-0.3, -0.25) is 14.4 Å². The van der Waals surface area contributed by atoms with Crippen LogP contribution in [0.25, 0.3) is 0 Å². The second-order valence-corrected chi connectivity index (χ2v) is 7.87. The van der Waals surface area contributed by atoms with Crippen LogP contribution in [0.3, 0.4) is 0 Å². The van der Waals surface area contributed by atoms with Crippen LogP contribution < -0.4 is 0 Å². The van der Waals surface area contributed by atoms with Crippen LogP contribution in [0.15, 0.2) is 0 Å². The summed E-state index contributed by atoms with van der Waals surface area (Å²) >= 11 is 5.48. The van der Waals surface area contributed by atoms with Crippen molar-refractivity contribution in [1.82, 2.24) is 4.90 Å². The van der Waals surface area contributed by atoms with Crippen molar-refractivity contribution < 1.29 is 23.9 Å². The van der Waals surface area contributed by atoms with E-state index in [1.165, 1.54) is 7.11 Å². The van der Waals surface area contributed by atoms with E-state index in [1.54, 1.807) is 32.6 Å². The van der Waals surface area contributed by atoms with Gasteiger partial charge in [-0.15, -0.1) is 0 Å². The van der Waals surface area contributed by atoms with Gasteiger partial charge < -0.3 is 14.4 Å². The van der Waals surface area contributed by atoms with Crippen molar-refractivity contribution in [3.05, 3.63) is 0 Å². The minimum Gasteiger partial charge on any atom is -0.468 e. The van der Waals surface area contributed by atoms with E-state index in [4.69, 9.17) is 21.1 Å². The molecule has 0 N–H and O–H groups in total. The maximum absolute atomic E-state index is 12.5. The van der Waals surface area contributed by atoms with Gasteiger partial charge in [0.25, 0.3) is 0 Å². The van der Waals surface area contributed by atoms with Crippen molar-refractivity contribution in [2.24, 2.45) is 11.3 Å². The number of amides is 1. The predicted molar refractivity (Wildman–Crippen MR) is 90.7 cm³/mol. The first-order valence-electron chi connectivity index (χ1n) is 8.26. The number of methoxy groups -OCH3 is 1. The zero-order valence-electron chi connectivity index (χ0n) is 15.2. The van der Waals surface area contributed by atoms with Gasteiger partial charge in [-0.2, -0.15) is 0 Å². The molecule has 0 aliphatic carbocycles. The summed E-state index contributed by atoms with van der Waals surface area (Å²) in [5.41, 5.74) is -1.99. The maximum Gasteiger partial charge on any atom is 0.323 e. The van der Waals surface area contributed by atoms with Crippen molar-refractivity contribution >= 4 is 28.9 Å². The summed E-state index contributed by atoms with van der Waals surface area (Å²) in [7, 11) is 1.27. The van der Waals surface area contributed by atoms with Crippen LogP contribution in [0.4, 0.5) is 4.79 Å². The summed E-state index contributed by atoms with van der Waals surface area (Å²) in [5.74, 6) is -0.802. The number of rotatable bonds is 5. The molecule has 1 amide bonds. The molecule has 1 rings (SSSR count). The Morgan fingerprint density at radius 3 is 2.04 bits per heavy atom. The van der Waals surface area contributed by atoms with Gasteiger partial charge in [0, 0.05) is 13.1 Å². The van der Waals surface area contributed by atoms with E-state index in [1.807, 2.05) is 0 Å². The molecule has 1 heterocycles. The highest BCUT2D eigenvalue weighted by Crippen LogP contribution is 2.33. The lowest BCUT2D eigenvalue weighted by molar-refractivity contribution is -0.177.